The highest BCUT2D eigenvalue weighted by Crippen LogP contribution is 2.28. The molecule has 0 radical (unpaired) electrons. The molecule has 0 bridgehead atoms. The van der Waals surface area contributed by atoms with Gasteiger partial charge in [-0.05, 0) is 37.3 Å². The maximum absolute atomic E-state index is 10.4. The molecule has 2 rings (SSSR count). The Morgan fingerprint density at radius 2 is 2.25 bits per heavy atom. The van der Waals surface area contributed by atoms with Gasteiger partial charge in [-0.25, -0.2) is 0 Å². The first-order chi connectivity index (χ1) is 7.75. The van der Waals surface area contributed by atoms with Crippen molar-refractivity contribution in [2.45, 2.75) is 38.2 Å². The molecule has 1 heterocycles. The number of carboxylic acids is 1. The number of hydrogen-bond donors (Lipinski definition) is 1. The molecule has 0 spiro atoms. The van der Waals surface area contributed by atoms with E-state index in [0.29, 0.717) is 6.42 Å². The lowest BCUT2D eigenvalue weighted by molar-refractivity contribution is -0.137. The fraction of sp³-hybridized carbons (Fsp3) is 0.462. The molecule has 86 valence electrons. The summed E-state index contributed by atoms with van der Waals surface area (Å²) in [4.78, 5) is 10.4. The molecular weight excluding hydrogens is 204 g/mol. The predicted octanol–water partition coefficient (Wildman–Crippen LogP) is 2.64. The van der Waals surface area contributed by atoms with Gasteiger partial charge < -0.3 is 9.84 Å². The van der Waals surface area contributed by atoms with Gasteiger partial charge >= 0.3 is 5.97 Å². The van der Waals surface area contributed by atoms with Crippen LogP contribution in [0.3, 0.4) is 0 Å². The summed E-state index contributed by atoms with van der Waals surface area (Å²) in [5.41, 5.74) is 1.26. The monoisotopic (exact) mass is 220 g/mol. The molecule has 16 heavy (non-hydrogen) atoms. The van der Waals surface area contributed by atoms with E-state index in [0.717, 1.165) is 25.0 Å². The lowest BCUT2D eigenvalue weighted by Crippen LogP contribution is -2.22. The van der Waals surface area contributed by atoms with Crippen molar-refractivity contribution >= 4 is 5.97 Å². The lowest BCUT2D eigenvalue weighted by atomic mass is 9.99. The number of carboxylic acid groups (broad SMARTS) is 1. The van der Waals surface area contributed by atoms with E-state index in [2.05, 4.69) is 6.07 Å². The van der Waals surface area contributed by atoms with Crippen LogP contribution in [0.2, 0.25) is 0 Å². The van der Waals surface area contributed by atoms with E-state index in [9.17, 15) is 4.79 Å². The van der Waals surface area contributed by atoms with Crippen molar-refractivity contribution in [3.05, 3.63) is 29.8 Å². The van der Waals surface area contributed by atoms with E-state index < -0.39 is 5.97 Å². The lowest BCUT2D eigenvalue weighted by Gasteiger charge is -2.25. The number of aryl methyl sites for hydroxylation is 1. The Balaban J connectivity index is 1.86. The van der Waals surface area contributed by atoms with E-state index in [-0.39, 0.29) is 12.5 Å². The Hall–Kier alpha value is -1.51. The normalized spacial score (nSPS) is 18.6. The van der Waals surface area contributed by atoms with Gasteiger partial charge in [-0.1, -0.05) is 18.2 Å². The number of fused-ring (bicyclic) bond motifs is 1. The molecule has 1 unspecified atom stereocenters. The number of carbonyl (C=O) groups is 1. The summed E-state index contributed by atoms with van der Waals surface area (Å²) in [5.74, 6) is 0.241. The molecule has 1 aliphatic heterocycles. The number of rotatable bonds is 4. The maximum Gasteiger partial charge on any atom is 0.303 e. The highest BCUT2D eigenvalue weighted by molar-refractivity contribution is 5.66. The van der Waals surface area contributed by atoms with E-state index in [4.69, 9.17) is 9.84 Å². The quantitative estimate of drug-likeness (QED) is 0.848. The van der Waals surface area contributed by atoms with Crippen LogP contribution in [-0.4, -0.2) is 17.2 Å². The van der Waals surface area contributed by atoms with Crippen molar-refractivity contribution in [3.8, 4) is 5.75 Å². The van der Waals surface area contributed by atoms with Crippen LogP contribution < -0.4 is 4.74 Å². The standard InChI is InChI=1S/C13H16O3/c14-13(15)7-3-5-11-9-8-10-4-1-2-6-12(10)16-11/h1-2,4,6,11H,3,5,7-9H2,(H,14,15). The average molecular weight is 220 g/mol. The summed E-state index contributed by atoms with van der Waals surface area (Å²) in [6.07, 6.45) is 3.99. The molecule has 1 aliphatic rings. The Morgan fingerprint density at radius 3 is 3.06 bits per heavy atom. The minimum atomic E-state index is -0.726. The van der Waals surface area contributed by atoms with Gasteiger partial charge in [0.15, 0.2) is 0 Å². The van der Waals surface area contributed by atoms with Crippen molar-refractivity contribution in [3.63, 3.8) is 0 Å². The van der Waals surface area contributed by atoms with Crippen LogP contribution in [0.4, 0.5) is 0 Å². The molecule has 1 aromatic rings. The van der Waals surface area contributed by atoms with Crippen molar-refractivity contribution in [1.29, 1.82) is 0 Å². The summed E-state index contributed by atoms with van der Waals surface area (Å²) >= 11 is 0. The second-order valence-electron chi connectivity index (χ2n) is 4.17. The zero-order valence-corrected chi connectivity index (χ0v) is 9.19. The maximum atomic E-state index is 10.4. The van der Waals surface area contributed by atoms with Crippen LogP contribution in [0, 0.1) is 0 Å². The molecule has 0 saturated carbocycles. The highest BCUT2D eigenvalue weighted by atomic mass is 16.5. The first-order valence-electron chi connectivity index (χ1n) is 5.72. The molecule has 0 fully saturated rings. The van der Waals surface area contributed by atoms with Crippen molar-refractivity contribution in [2.75, 3.05) is 0 Å². The van der Waals surface area contributed by atoms with Crippen LogP contribution in [0.25, 0.3) is 0 Å². The van der Waals surface area contributed by atoms with Crippen LogP contribution in [0.15, 0.2) is 24.3 Å². The third-order valence-corrected chi connectivity index (χ3v) is 2.92. The third kappa shape index (κ3) is 2.75. The Kier molecular flexibility index (Phi) is 3.44. The van der Waals surface area contributed by atoms with E-state index >= 15 is 0 Å². The molecule has 0 saturated heterocycles. The molecule has 3 heteroatoms. The van der Waals surface area contributed by atoms with Gasteiger partial charge in [0, 0.05) is 6.42 Å². The third-order valence-electron chi connectivity index (χ3n) is 2.92. The Labute approximate surface area is 95.0 Å². The van der Waals surface area contributed by atoms with Crippen LogP contribution in [0.1, 0.15) is 31.2 Å². The van der Waals surface area contributed by atoms with Crippen molar-refractivity contribution in [1.82, 2.24) is 0 Å². The first kappa shape index (κ1) is 11.0. The van der Waals surface area contributed by atoms with Crippen LogP contribution in [-0.2, 0) is 11.2 Å². The van der Waals surface area contributed by atoms with Gasteiger partial charge in [0.25, 0.3) is 0 Å². The van der Waals surface area contributed by atoms with Gasteiger partial charge in [0.05, 0.1) is 6.10 Å². The number of benzene rings is 1. The van der Waals surface area contributed by atoms with Crippen LogP contribution >= 0.6 is 0 Å². The van der Waals surface area contributed by atoms with Gasteiger partial charge in [-0.2, -0.15) is 0 Å². The zero-order chi connectivity index (χ0) is 11.4. The molecular formula is C13H16O3. The topological polar surface area (TPSA) is 46.5 Å². The Bertz CT molecular complexity index is 373. The molecule has 3 nitrogen and oxygen atoms in total. The van der Waals surface area contributed by atoms with Gasteiger partial charge in [0.2, 0.25) is 0 Å². The second kappa shape index (κ2) is 5.01. The van der Waals surface area contributed by atoms with Gasteiger partial charge in [-0.15, -0.1) is 0 Å². The molecule has 1 aromatic carbocycles. The second-order valence-corrected chi connectivity index (χ2v) is 4.17. The minimum Gasteiger partial charge on any atom is -0.490 e. The number of para-hydroxylation sites is 1. The first-order valence-corrected chi connectivity index (χ1v) is 5.72. The van der Waals surface area contributed by atoms with E-state index in [1.165, 1.54) is 5.56 Å². The molecule has 0 amide bonds. The van der Waals surface area contributed by atoms with E-state index in [1.807, 2.05) is 18.2 Å². The summed E-state index contributed by atoms with van der Waals surface area (Å²) in [7, 11) is 0. The van der Waals surface area contributed by atoms with Crippen LogP contribution in [0.5, 0.6) is 5.75 Å². The molecule has 0 aliphatic carbocycles. The number of ether oxygens (including phenoxy) is 1. The fourth-order valence-electron chi connectivity index (χ4n) is 2.06. The average Bonchev–Trinajstić information content (AvgIpc) is 2.28. The summed E-state index contributed by atoms with van der Waals surface area (Å²) in [6, 6.07) is 8.06. The molecule has 0 aromatic heterocycles. The largest absolute Gasteiger partial charge is 0.490 e. The zero-order valence-electron chi connectivity index (χ0n) is 9.19. The van der Waals surface area contributed by atoms with Crippen molar-refractivity contribution in [2.24, 2.45) is 0 Å². The Morgan fingerprint density at radius 1 is 1.44 bits per heavy atom. The fourth-order valence-corrected chi connectivity index (χ4v) is 2.06. The summed E-state index contributed by atoms with van der Waals surface area (Å²) in [6.45, 7) is 0. The minimum absolute atomic E-state index is 0.189. The number of hydrogen-bond acceptors (Lipinski definition) is 2. The predicted molar refractivity (Wildman–Crippen MR) is 60.7 cm³/mol. The number of aliphatic carboxylic acids is 1. The molecule has 1 atom stereocenters. The molecule has 1 N–H and O–H groups in total. The van der Waals surface area contributed by atoms with Gasteiger partial charge in [-0.3, -0.25) is 4.79 Å². The summed E-state index contributed by atoms with van der Waals surface area (Å²) in [5, 5.41) is 8.56. The SMILES string of the molecule is O=C(O)CCCC1CCc2ccccc2O1. The highest BCUT2D eigenvalue weighted by Gasteiger charge is 2.18. The summed E-state index contributed by atoms with van der Waals surface area (Å²) < 4.78 is 5.82. The van der Waals surface area contributed by atoms with Crippen molar-refractivity contribution < 1.29 is 14.6 Å². The van der Waals surface area contributed by atoms with E-state index in [1.54, 1.807) is 0 Å². The van der Waals surface area contributed by atoms with Gasteiger partial charge in [0.1, 0.15) is 5.75 Å². The smallest absolute Gasteiger partial charge is 0.303 e.